The summed E-state index contributed by atoms with van der Waals surface area (Å²) in [5.41, 5.74) is 4.11. The number of amides is 1. The second-order valence-corrected chi connectivity index (χ2v) is 8.91. The fourth-order valence-corrected chi connectivity index (χ4v) is 4.49. The number of pyridine rings is 1. The topological polar surface area (TPSA) is 63.9 Å². The molecule has 1 atom stereocenters. The van der Waals surface area contributed by atoms with E-state index in [1.165, 1.54) is 11.8 Å². The van der Waals surface area contributed by atoms with Crippen molar-refractivity contribution >= 4 is 17.7 Å². The van der Waals surface area contributed by atoms with Gasteiger partial charge in [-0.3, -0.25) is 14.3 Å². The minimum Gasteiger partial charge on any atom is -0.340 e. The van der Waals surface area contributed by atoms with Gasteiger partial charge in [-0.05, 0) is 43.2 Å². The van der Waals surface area contributed by atoms with Crippen molar-refractivity contribution in [1.82, 2.24) is 24.6 Å². The maximum absolute atomic E-state index is 13.1. The Bertz CT molecular complexity index is 1190. The van der Waals surface area contributed by atoms with Crippen molar-refractivity contribution in [1.29, 1.82) is 0 Å². The van der Waals surface area contributed by atoms with E-state index in [4.69, 9.17) is 0 Å². The molecule has 4 aromatic rings. The molecule has 2 heterocycles. The number of aromatic nitrogens is 4. The molecule has 0 spiro atoms. The van der Waals surface area contributed by atoms with Crippen LogP contribution in [-0.2, 0) is 11.3 Å². The molecule has 4 rings (SSSR count). The molecule has 0 radical (unpaired) electrons. The number of carbonyl (C=O) groups excluding carboxylic acids is 1. The van der Waals surface area contributed by atoms with Gasteiger partial charge in [0.1, 0.15) is 0 Å². The van der Waals surface area contributed by atoms with E-state index in [1.807, 2.05) is 79.2 Å². The monoisotopic (exact) mass is 443 g/mol. The highest BCUT2D eigenvalue weighted by Gasteiger charge is 2.24. The number of hydrogen-bond acceptors (Lipinski definition) is 5. The van der Waals surface area contributed by atoms with Crippen LogP contribution in [0.2, 0.25) is 0 Å². The largest absolute Gasteiger partial charge is 0.340 e. The Morgan fingerprint density at radius 1 is 1.00 bits per heavy atom. The van der Waals surface area contributed by atoms with Gasteiger partial charge in [0.2, 0.25) is 5.91 Å². The summed E-state index contributed by atoms with van der Waals surface area (Å²) in [7, 11) is 1.83. The van der Waals surface area contributed by atoms with Crippen molar-refractivity contribution < 1.29 is 4.79 Å². The third-order valence-electron chi connectivity index (χ3n) is 5.20. The van der Waals surface area contributed by atoms with E-state index in [2.05, 4.69) is 28.2 Å². The molecule has 6 nitrogen and oxygen atoms in total. The summed E-state index contributed by atoms with van der Waals surface area (Å²) in [5, 5.41) is 9.29. The van der Waals surface area contributed by atoms with Crippen LogP contribution < -0.4 is 0 Å². The zero-order valence-corrected chi connectivity index (χ0v) is 19.2. The molecule has 0 saturated carbocycles. The molecule has 0 aliphatic heterocycles. The zero-order chi connectivity index (χ0) is 22.5. The fraction of sp³-hybridized carbons (Fsp3) is 0.200. The molecule has 2 aromatic heterocycles. The molecule has 0 aliphatic carbocycles. The van der Waals surface area contributed by atoms with Crippen LogP contribution in [0.5, 0.6) is 0 Å². The van der Waals surface area contributed by atoms with E-state index in [-0.39, 0.29) is 11.2 Å². The third kappa shape index (κ3) is 4.73. The lowest BCUT2D eigenvalue weighted by atomic mass is 10.2. The maximum atomic E-state index is 13.1. The van der Waals surface area contributed by atoms with Gasteiger partial charge in [0.15, 0.2) is 11.0 Å². The van der Waals surface area contributed by atoms with Gasteiger partial charge in [0, 0.05) is 31.5 Å². The summed E-state index contributed by atoms with van der Waals surface area (Å²) < 4.78 is 2.02. The van der Waals surface area contributed by atoms with Crippen LogP contribution in [0.25, 0.3) is 17.1 Å². The van der Waals surface area contributed by atoms with Crippen LogP contribution in [0.3, 0.4) is 0 Å². The van der Waals surface area contributed by atoms with Crippen LogP contribution in [0.15, 0.2) is 84.3 Å². The van der Waals surface area contributed by atoms with Gasteiger partial charge in [-0.2, -0.15) is 0 Å². The second kappa shape index (κ2) is 9.78. The fourth-order valence-electron chi connectivity index (χ4n) is 3.52. The van der Waals surface area contributed by atoms with Crippen LogP contribution in [0.1, 0.15) is 18.1 Å². The molecular weight excluding hydrogens is 418 g/mol. The number of thioether (sulfide) groups is 1. The minimum absolute atomic E-state index is 0.0450. The lowest BCUT2D eigenvalue weighted by Gasteiger charge is -2.21. The van der Waals surface area contributed by atoms with Gasteiger partial charge in [-0.15, -0.1) is 10.2 Å². The summed E-state index contributed by atoms with van der Waals surface area (Å²) in [5.74, 6) is 0.769. The molecule has 0 fully saturated rings. The van der Waals surface area contributed by atoms with Gasteiger partial charge in [-0.1, -0.05) is 60.3 Å². The minimum atomic E-state index is -0.319. The van der Waals surface area contributed by atoms with Crippen LogP contribution in [0.4, 0.5) is 0 Å². The zero-order valence-electron chi connectivity index (χ0n) is 18.3. The molecule has 1 unspecified atom stereocenters. The molecule has 162 valence electrons. The second-order valence-electron chi connectivity index (χ2n) is 7.60. The van der Waals surface area contributed by atoms with Gasteiger partial charge in [0.05, 0.1) is 10.9 Å². The number of para-hydroxylation sites is 1. The Labute approximate surface area is 192 Å². The Hall–Kier alpha value is -3.45. The highest BCUT2D eigenvalue weighted by atomic mass is 32.2. The summed E-state index contributed by atoms with van der Waals surface area (Å²) in [6.45, 7) is 4.54. The van der Waals surface area contributed by atoms with E-state index in [9.17, 15) is 4.79 Å². The number of aryl methyl sites for hydroxylation is 1. The van der Waals surface area contributed by atoms with Crippen LogP contribution in [-0.4, -0.2) is 42.9 Å². The molecule has 32 heavy (non-hydrogen) atoms. The van der Waals surface area contributed by atoms with Crippen molar-refractivity contribution in [3.05, 3.63) is 90.3 Å². The lowest BCUT2D eigenvalue weighted by molar-refractivity contribution is -0.129. The number of hydrogen-bond donors (Lipinski definition) is 0. The molecule has 0 bridgehead atoms. The van der Waals surface area contributed by atoms with Crippen molar-refractivity contribution in [2.24, 2.45) is 0 Å². The molecule has 2 aromatic carbocycles. The SMILES string of the molecule is Cc1ccccc1-n1c(SC(C)C(=O)N(C)Cc2ccccc2)nnc1-c1ccncc1. The Kier molecular flexibility index (Phi) is 6.66. The van der Waals surface area contributed by atoms with Crippen molar-refractivity contribution in [3.8, 4) is 17.1 Å². The van der Waals surface area contributed by atoms with Gasteiger partial charge < -0.3 is 4.90 Å². The first-order valence-electron chi connectivity index (χ1n) is 10.4. The van der Waals surface area contributed by atoms with Crippen molar-refractivity contribution in [2.75, 3.05) is 7.05 Å². The Balaban J connectivity index is 1.63. The summed E-state index contributed by atoms with van der Waals surface area (Å²) in [6, 6.07) is 21.9. The molecule has 0 saturated heterocycles. The first kappa shape index (κ1) is 21.8. The summed E-state index contributed by atoms with van der Waals surface area (Å²) >= 11 is 1.42. The van der Waals surface area contributed by atoms with E-state index in [1.54, 1.807) is 17.3 Å². The lowest BCUT2D eigenvalue weighted by Crippen LogP contribution is -2.33. The van der Waals surface area contributed by atoms with Gasteiger partial charge in [-0.25, -0.2) is 0 Å². The van der Waals surface area contributed by atoms with E-state index in [0.29, 0.717) is 11.7 Å². The first-order chi connectivity index (χ1) is 15.5. The van der Waals surface area contributed by atoms with Gasteiger partial charge >= 0.3 is 0 Å². The average Bonchev–Trinajstić information content (AvgIpc) is 3.23. The normalized spacial score (nSPS) is 11.8. The predicted octanol–water partition coefficient (Wildman–Crippen LogP) is 4.78. The van der Waals surface area contributed by atoms with E-state index >= 15 is 0 Å². The highest BCUT2D eigenvalue weighted by molar-refractivity contribution is 8.00. The summed E-state index contributed by atoms with van der Waals surface area (Å²) in [6.07, 6.45) is 3.48. The van der Waals surface area contributed by atoms with Gasteiger partial charge in [0.25, 0.3) is 0 Å². The predicted molar refractivity (Wildman–Crippen MR) is 128 cm³/mol. The van der Waals surface area contributed by atoms with Crippen molar-refractivity contribution in [2.45, 2.75) is 30.8 Å². The standard InChI is InChI=1S/C25H25N5OS/c1-18-9-7-8-12-22(18)30-23(21-13-15-26-16-14-21)27-28-25(30)32-19(2)24(31)29(3)17-20-10-5-4-6-11-20/h4-16,19H,17H2,1-3H3. The molecule has 7 heteroatoms. The maximum Gasteiger partial charge on any atom is 0.235 e. The molecule has 0 N–H and O–H groups in total. The first-order valence-corrected chi connectivity index (χ1v) is 11.3. The molecule has 0 aliphatic rings. The van der Waals surface area contributed by atoms with Crippen LogP contribution >= 0.6 is 11.8 Å². The number of nitrogens with zero attached hydrogens (tertiary/aromatic N) is 5. The van der Waals surface area contributed by atoms with Crippen LogP contribution in [0, 0.1) is 6.92 Å². The van der Waals surface area contributed by atoms with E-state index in [0.717, 1.165) is 28.2 Å². The Morgan fingerprint density at radius 2 is 1.69 bits per heavy atom. The Morgan fingerprint density at radius 3 is 2.41 bits per heavy atom. The number of rotatable bonds is 7. The van der Waals surface area contributed by atoms with Crippen molar-refractivity contribution in [3.63, 3.8) is 0 Å². The average molecular weight is 444 g/mol. The number of carbonyl (C=O) groups is 1. The third-order valence-corrected chi connectivity index (χ3v) is 6.23. The number of benzene rings is 2. The smallest absolute Gasteiger partial charge is 0.235 e. The molecular formula is C25H25N5OS. The summed E-state index contributed by atoms with van der Waals surface area (Å²) in [4.78, 5) is 18.9. The molecule has 1 amide bonds. The highest BCUT2D eigenvalue weighted by Crippen LogP contribution is 2.31. The quantitative estimate of drug-likeness (QED) is 0.385. The van der Waals surface area contributed by atoms with E-state index < -0.39 is 0 Å².